The number of nitrogens with one attached hydrogen (secondary N) is 2. The molecule has 0 aliphatic carbocycles. The predicted octanol–water partition coefficient (Wildman–Crippen LogP) is 2.12. The van der Waals surface area contributed by atoms with Gasteiger partial charge in [0.15, 0.2) is 0 Å². The van der Waals surface area contributed by atoms with Crippen LogP contribution in [0.2, 0.25) is 0 Å². The Balaban J connectivity index is 1.98. The Morgan fingerprint density at radius 2 is 2.38 bits per heavy atom. The predicted molar refractivity (Wildman–Crippen MR) is 66.4 cm³/mol. The van der Waals surface area contributed by atoms with Gasteiger partial charge in [0.25, 0.3) is 0 Å². The Kier molecular flexibility index (Phi) is 3.60. The Labute approximate surface area is 106 Å². The average molecular weight is 303 g/mol. The number of amides is 2. The summed E-state index contributed by atoms with van der Waals surface area (Å²) in [5.74, 6) is -0.192. The molecule has 2 amide bonds. The quantitative estimate of drug-likeness (QED) is 0.879. The minimum absolute atomic E-state index is 0.0456. The first-order valence-electron chi connectivity index (χ1n) is 4.99. The van der Waals surface area contributed by atoms with Crippen LogP contribution in [0.3, 0.4) is 0 Å². The maximum atomic E-state index is 11.8. The number of anilines is 1. The highest BCUT2D eigenvalue weighted by molar-refractivity contribution is 9.10. The van der Waals surface area contributed by atoms with E-state index in [0.717, 1.165) is 16.6 Å². The first kappa shape index (κ1) is 11.6. The van der Waals surface area contributed by atoms with Crippen molar-refractivity contribution in [2.24, 2.45) is 0 Å². The summed E-state index contributed by atoms with van der Waals surface area (Å²) in [5, 5.41) is 9.23. The summed E-state index contributed by atoms with van der Waals surface area (Å²) in [6, 6.07) is -0.395. The monoisotopic (exact) mass is 302 g/mol. The number of piperidine rings is 1. The minimum atomic E-state index is -0.395. The van der Waals surface area contributed by atoms with Gasteiger partial charge in [-0.25, -0.2) is 0 Å². The first-order valence-corrected chi connectivity index (χ1v) is 6.72. The van der Waals surface area contributed by atoms with Crippen molar-refractivity contribution in [2.75, 3.05) is 5.32 Å². The number of hydrogen-bond donors (Lipinski definition) is 2. The summed E-state index contributed by atoms with van der Waals surface area (Å²) >= 11 is 4.85. The van der Waals surface area contributed by atoms with Crippen LogP contribution in [0.1, 0.15) is 19.3 Å². The molecule has 0 aromatic carbocycles. The van der Waals surface area contributed by atoms with Gasteiger partial charge < -0.3 is 10.6 Å². The van der Waals surface area contributed by atoms with Gasteiger partial charge in [0.05, 0.1) is 10.2 Å². The molecule has 0 spiro atoms. The second-order valence-electron chi connectivity index (χ2n) is 3.63. The van der Waals surface area contributed by atoms with Crippen LogP contribution in [0.25, 0.3) is 0 Å². The van der Waals surface area contributed by atoms with Crippen LogP contribution >= 0.6 is 27.3 Å². The van der Waals surface area contributed by atoms with E-state index in [0.29, 0.717) is 12.8 Å². The third-order valence-electron chi connectivity index (χ3n) is 2.42. The summed E-state index contributed by atoms with van der Waals surface area (Å²) in [6.45, 7) is 0. The molecule has 1 aromatic heterocycles. The van der Waals surface area contributed by atoms with E-state index >= 15 is 0 Å². The SMILES string of the molecule is O=C1CCCC(C(=O)Nc2cscc2Br)N1. The summed E-state index contributed by atoms with van der Waals surface area (Å²) in [4.78, 5) is 23.0. The van der Waals surface area contributed by atoms with Gasteiger partial charge in [-0.2, -0.15) is 0 Å². The highest BCUT2D eigenvalue weighted by atomic mass is 79.9. The van der Waals surface area contributed by atoms with Crippen LogP contribution in [0.4, 0.5) is 5.69 Å². The molecule has 6 heteroatoms. The second kappa shape index (κ2) is 4.97. The molecular weight excluding hydrogens is 292 g/mol. The van der Waals surface area contributed by atoms with E-state index in [2.05, 4.69) is 26.6 Å². The van der Waals surface area contributed by atoms with Crippen molar-refractivity contribution in [3.05, 3.63) is 15.2 Å². The lowest BCUT2D eigenvalue weighted by Crippen LogP contribution is -2.46. The van der Waals surface area contributed by atoms with E-state index in [1.165, 1.54) is 11.3 Å². The van der Waals surface area contributed by atoms with E-state index in [-0.39, 0.29) is 11.8 Å². The Morgan fingerprint density at radius 1 is 1.56 bits per heavy atom. The van der Waals surface area contributed by atoms with Crippen LogP contribution in [-0.2, 0) is 9.59 Å². The molecule has 1 atom stereocenters. The van der Waals surface area contributed by atoms with Crippen LogP contribution < -0.4 is 10.6 Å². The lowest BCUT2D eigenvalue weighted by molar-refractivity contribution is -0.128. The number of carbonyl (C=O) groups excluding carboxylic acids is 2. The highest BCUT2D eigenvalue weighted by Gasteiger charge is 2.24. The van der Waals surface area contributed by atoms with Crippen molar-refractivity contribution in [2.45, 2.75) is 25.3 Å². The highest BCUT2D eigenvalue weighted by Crippen LogP contribution is 2.26. The van der Waals surface area contributed by atoms with Crippen LogP contribution in [0, 0.1) is 0 Å². The summed E-state index contributed by atoms with van der Waals surface area (Å²) in [5.41, 5.74) is 0.759. The molecular formula is C10H11BrN2O2S. The van der Waals surface area contributed by atoms with Crippen LogP contribution in [0.15, 0.2) is 15.2 Å². The van der Waals surface area contributed by atoms with E-state index in [1.54, 1.807) is 0 Å². The zero-order valence-electron chi connectivity index (χ0n) is 8.46. The van der Waals surface area contributed by atoms with Gasteiger partial charge in [-0.15, -0.1) is 11.3 Å². The van der Waals surface area contributed by atoms with E-state index < -0.39 is 6.04 Å². The fourth-order valence-corrected chi connectivity index (χ4v) is 2.92. The zero-order valence-corrected chi connectivity index (χ0v) is 10.9. The van der Waals surface area contributed by atoms with Gasteiger partial charge in [0.2, 0.25) is 11.8 Å². The van der Waals surface area contributed by atoms with Crippen LogP contribution in [0.5, 0.6) is 0 Å². The Bertz CT molecular complexity index is 419. The molecule has 1 saturated heterocycles. The number of rotatable bonds is 2. The van der Waals surface area contributed by atoms with E-state index in [4.69, 9.17) is 0 Å². The third-order valence-corrected chi connectivity index (χ3v) is 4.12. The molecule has 4 nitrogen and oxygen atoms in total. The number of hydrogen-bond acceptors (Lipinski definition) is 3. The van der Waals surface area contributed by atoms with Gasteiger partial charge in [-0.05, 0) is 28.8 Å². The molecule has 1 aromatic rings. The van der Waals surface area contributed by atoms with E-state index in [9.17, 15) is 9.59 Å². The first-order chi connectivity index (χ1) is 7.66. The molecule has 2 N–H and O–H groups in total. The maximum Gasteiger partial charge on any atom is 0.246 e. The minimum Gasteiger partial charge on any atom is -0.344 e. The average Bonchev–Trinajstić information content (AvgIpc) is 2.64. The Morgan fingerprint density at radius 3 is 3.00 bits per heavy atom. The molecule has 2 heterocycles. The number of halogens is 1. The molecule has 1 unspecified atom stereocenters. The smallest absolute Gasteiger partial charge is 0.246 e. The molecule has 1 aliphatic heterocycles. The normalized spacial score (nSPS) is 20.3. The largest absolute Gasteiger partial charge is 0.344 e. The molecule has 0 radical (unpaired) electrons. The summed E-state index contributed by atoms with van der Waals surface area (Å²) in [6.07, 6.45) is 2.00. The fraction of sp³-hybridized carbons (Fsp3) is 0.400. The molecule has 0 saturated carbocycles. The van der Waals surface area contributed by atoms with E-state index in [1.807, 2.05) is 10.8 Å². The molecule has 0 bridgehead atoms. The molecule has 16 heavy (non-hydrogen) atoms. The van der Waals surface area contributed by atoms with Gasteiger partial charge in [-0.3, -0.25) is 9.59 Å². The van der Waals surface area contributed by atoms with Crippen molar-refractivity contribution in [1.29, 1.82) is 0 Å². The number of carbonyl (C=O) groups is 2. The molecule has 1 fully saturated rings. The molecule has 86 valence electrons. The summed E-state index contributed by atoms with van der Waals surface area (Å²) < 4.78 is 0.869. The topological polar surface area (TPSA) is 58.2 Å². The standard InChI is InChI=1S/C10H11BrN2O2S/c11-6-4-16-5-8(6)13-10(15)7-2-1-3-9(14)12-7/h4-5,7H,1-3H2,(H,12,14)(H,13,15). The van der Waals surface area contributed by atoms with Gasteiger partial charge >= 0.3 is 0 Å². The molecule has 1 aliphatic rings. The number of thiophene rings is 1. The lowest BCUT2D eigenvalue weighted by Gasteiger charge is -2.22. The van der Waals surface area contributed by atoms with Crippen LogP contribution in [-0.4, -0.2) is 17.9 Å². The molecule has 2 rings (SSSR count). The van der Waals surface area contributed by atoms with Gasteiger partial charge in [0.1, 0.15) is 6.04 Å². The second-order valence-corrected chi connectivity index (χ2v) is 5.23. The van der Waals surface area contributed by atoms with Gasteiger partial charge in [-0.1, -0.05) is 0 Å². The maximum absolute atomic E-state index is 11.8. The van der Waals surface area contributed by atoms with Gasteiger partial charge in [0, 0.05) is 17.2 Å². The zero-order chi connectivity index (χ0) is 11.5. The fourth-order valence-electron chi connectivity index (χ4n) is 1.59. The Hall–Kier alpha value is -0.880. The summed E-state index contributed by atoms with van der Waals surface area (Å²) in [7, 11) is 0. The van der Waals surface area contributed by atoms with Crippen molar-refractivity contribution < 1.29 is 9.59 Å². The van der Waals surface area contributed by atoms with Crippen molar-refractivity contribution in [3.8, 4) is 0 Å². The van der Waals surface area contributed by atoms with Crippen molar-refractivity contribution in [1.82, 2.24) is 5.32 Å². The third kappa shape index (κ3) is 2.62. The lowest BCUT2D eigenvalue weighted by atomic mass is 10.0. The van der Waals surface area contributed by atoms with Crippen molar-refractivity contribution in [3.63, 3.8) is 0 Å². The van der Waals surface area contributed by atoms with Crippen molar-refractivity contribution >= 4 is 44.8 Å².